The number of nitrogens with zero attached hydrogens (tertiary/aromatic N) is 1. The summed E-state index contributed by atoms with van der Waals surface area (Å²) in [5.74, 6) is -0.553. The average Bonchev–Trinajstić information content (AvgIpc) is 3.13. The summed E-state index contributed by atoms with van der Waals surface area (Å²) in [7, 11) is 0. The summed E-state index contributed by atoms with van der Waals surface area (Å²) in [6.45, 7) is 0.257. The van der Waals surface area contributed by atoms with Crippen LogP contribution in [0.3, 0.4) is 0 Å². The molecule has 1 aliphatic heterocycles. The molecule has 0 aromatic heterocycles. The summed E-state index contributed by atoms with van der Waals surface area (Å²) in [5.41, 5.74) is 1.29. The fraction of sp³-hybridized carbons (Fsp3) is 0.438. The fourth-order valence-corrected chi connectivity index (χ4v) is 2.77. The van der Waals surface area contributed by atoms with Gasteiger partial charge in [0.15, 0.2) is 0 Å². The molecule has 6 nitrogen and oxygen atoms in total. The van der Waals surface area contributed by atoms with E-state index in [4.69, 9.17) is 4.74 Å². The van der Waals surface area contributed by atoms with E-state index in [1.54, 1.807) is 24.3 Å². The lowest BCUT2D eigenvalue weighted by atomic mass is 10.1. The topological polar surface area (TPSA) is 75.7 Å². The van der Waals surface area contributed by atoms with Gasteiger partial charge in [0.05, 0.1) is 18.7 Å². The molecule has 0 unspecified atom stereocenters. The van der Waals surface area contributed by atoms with Gasteiger partial charge in [-0.2, -0.15) is 0 Å². The third kappa shape index (κ3) is 3.10. The predicted molar refractivity (Wildman–Crippen MR) is 78.1 cm³/mol. The minimum absolute atomic E-state index is 0.0399. The smallest absolute Gasteiger partial charge is 0.338 e. The van der Waals surface area contributed by atoms with Gasteiger partial charge in [0, 0.05) is 0 Å². The minimum Gasteiger partial charge on any atom is -0.459 e. The number of ether oxygens (including phenoxy) is 1. The zero-order chi connectivity index (χ0) is 15.5. The number of carbonyl (C=O) groups excluding carboxylic acids is 3. The van der Waals surface area contributed by atoms with Crippen LogP contribution in [0.5, 0.6) is 0 Å². The van der Waals surface area contributed by atoms with Crippen molar-refractivity contribution >= 4 is 17.9 Å². The Hall–Kier alpha value is -2.37. The quantitative estimate of drug-likeness (QED) is 0.680. The molecular weight excluding hydrogens is 284 g/mol. The lowest BCUT2D eigenvalue weighted by Gasteiger charge is -2.13. The Bertz CT molecular complexity index is 575. The highest BCUT2D eigenvalue weighted by molar-refractivity contribution is 6.01. The molecule has 1 saturated carbocycles. The molecule has 22 heavy (non-hydrogen) atoms. The summed E-state index contributed by atoms with van der Waals surface area (Å²) in [5, 5.41) is 2.47. The van der Waals surface area contributed by atoms with Gasteiger partial charge in [-0.1, -0.05) is 12.1 Å². The molecule has 1 heterocycles. The number of hydrogen-bond donors (Lipinski definition) is 1. The fourth-order valence-electron chi connectivity index (χ4n) is 2.77. The van der Waals surface area contributed by atoms with Crippen LogP contribution >= 0.6 is 0 Å². The summed E-state index contributed by atoms with van der Waals surface area (Å²) >= 11 is 0. The summed E-state index contributed by atoms with van der Waals surface area (Å²) in [6, 6.07) is 6.44. The van der Waals surface area contributed by atoms with E-state index in [0.29, 0.717) is 5.56 Å². The van der Waals surface area contributed by atoms with Crippen molar-refractivity contribution in [2.75, 3.05) is 6.54 Å². The molecular formula is C16H18N2O4. The van der Waals surface area contributed by atoms with E-state index in [2.05, 4.69) is 5.32 Å². The Labute approximate surface area is 128 Å². The van der Waals surface area contributed by atoms with Crippen molar-refractivity contribution in [1.82, 2.24) is 10.2 Å². The van der Waals surface area contributed by atoms with Gasteiger partial charge in [-0.25, -0.2) is 9.59 Å². The molecule has 1 aromatic rings. The Balaban J connectivity index is 1.61. The van der Waals surface area contributed by atoms with E-state index in [-0.39, 0.29) is 37.1 Å². The third-order valence-corrected chi connectivity index (χ3v) is 4.04. The molecule has 0 radical (unpaired) electrons. The number of imide groups is 1. The van der Waals surface area contributed by atoms with Crippen molar-refractivity contribution in [2.45, 2.75) is 38.3 Å². The first kappa shape index (κ1) is 14.6. The Kier molecular flexibility index (Phi) is 4.09. The zero-order valence-corrected chi connectivity index (χ0v) is 12.2. The van der Waals surface area contributed by atoms with E-state index < -0.39 is 0 Å². The van der Waals surface area contributed by atoms with Crippen LogP contribution in [-0.4, -0.2) is 35.5 Å². The van der Waals surface area contributed by atoms with Crippen molar-refractivity contribution in [3.05, 3.63) is 35.4 Å². The molecule has 6 heteroatoms. The molecule has 1 saturated heterocycles. The predicted octanol–water partition coefficient (Wildman–Crippen LogP) is 1.84. The molecule has 0 bridgehead atoms. The Morgan fingerprint density at radius 2 is 1.86 bits per heavy atom. The lowest BCUT2D eigenvalue weighted by Crippen LogP contribution is -2.30. The van der Waals surface area contributed by atoms with Crippen LogP contribution in [0, 0.1) is 0 Å². The highest BCUT2D eigenvalue weighted by Gasteiger charge is 2.28. The van der Waals surface area contributed by atoms with Crippen molar-refractivity contribution in [1.29, 1.82) is 0 Å². The number of urea groups is 1. The van der Waals surface area contributed by atoms with Gasteiger partial charge in [0.2, 0.25) is 5.91 Å². The molecule has 1 aliphatic carbocycles. The van der Waals surface area contributed by atoms with Crippen LogP contribution in [-0.2, 0) is 16.1 Å². The van der Waals surface area contributed by atoms with Gasteiger partial charge >= 0.3 is 12.0 Å². The van der Waals surface area contributed by atoms with Gasteiger partial charge in [-0.05, 0) is 43.4 Å². The van der Waals surface area contributed by atoms with Crippen molar-refractivity contribution < 1.29 is 19.1 Å². The SMILES string of the molecule is O=C(OC1CCCC1)c1ccc(CN2C(=O)CNC2=O)cc1. The molecule has 1 N–H and O–H groups in total. The van der Waals surface area contributed by atoms with E-state index >= 15 is 0 Å². The zero-order valence-electron chi connectivity index (χ0n) is 12.2. The van der Waals surface area contributed by atoms with Gasteiger partial charge in [0.1, 0.15) is 6.10 Å². The molecule has 3 amide bonds. The first-order valence-corrected chi connectivity index (χ1v) is 7.51. The third-order valence-electron chi connectivity index (χ3n) is 4.04. The highest BCUT2D eigenvalue weighted by Crippen LogP contribution is 2.22. The first-order valence-electron chi connectivity index (χ1n) is 7.51. The number of esters is 1. The maximum absolute atomic E-state index is 12.0. The molecule has 0 spiro atoms. The van der Waals surface area contributed by atoms with Gasteiger partial charge in [-0.3, -0.25) is 9.69 Å². The van der Waals surface area contributed by atoms with E-state index in [1.165, 1.54) is 0 Å². The molecule has 1 aromatic carbocycles. The second-order valence-electron chi connectivity index (χ2n) is 5.65. The van der Waals surface area contributed by atoms with Gasteiger partial charge < -0.3 is 10.1 Å². The van der Waals surface area contributed by atoms with Crippen LogP contribution in [0.1, 0.15) is 41.6 Å². The van der Waals surface area contributed by atoms with Crippen LogP contribution in [0.15, 0.2) is 24.3 Å². The monoisotopic (exact) mass is 302 g/mol. The molecule has 2 aliphatic rings. The van der Waals surface area contributed by atoms with Crippen molar-refractivity contribution in [2.24, 2.45) is 0 Å². The molecule has 116 valence electrons. The van der Waals surface area contributed by atoms with Gasteiger partial charge in [-0.15, -0.1) is 0 Å². The lowest BCUT2D eigenvalue weighted by molar-refractivity contribution is -0.125. The summed E-state index contributed by atoms with van der Waals surface area (Å²) < 4.78 is 5.44. The van der Waals surface area contributed by atoms with Gasteiger partial charge in [0.25, 0.3) is 0 Å². The largest absolute Gasteiger partial charge is 0.459 e. The van der Waals surface area contributed by atoms with Crippen LogP contribution < -0.4 is 5.32 Å². The average molecular weight is 302 g/mol. The minimum atomic E-state index is -0.380. The number of rotatable bonds is 4. The van der Waals surface area contributed by atoms with Crippen LogP contribution in [0.2, 0.25) is 0 Å². The van der Waals surface area contributed by atoms with Crippen molar-refractivity contribution in [3.63, 3.8) is 0 Å². The molecule has 0 atom stereocenters. The summed E-state index contributed by atoms with van der Waals surface area (Å²) in [6.07, 6.45) is 4.15. The number of hydrogen-bond acceptors (Lipinski definition) is 4. The number of benzene rings is 1. The highest BCUT2D eigenvalue weighted by atomic mass is 16.5. The second kappa shape index (κ2) is 6.17. The number of nitrogens with one attached hydrogen (secondary N) is 1. The summed E-state index contributed by atoms with van der Waals surface area (Å²) in [4.78, 5) is 36.2. The van der Waals surface area contributed by atoms with E-state index in [0.717, 1.165) is 36.1 Å². The second-order valence-corrected chi connectivity index (χ2v) is 5.65. The van der Waals surface area contributed by atoms with Crippen LogP contribution in [0.25, 0.3) is 0 Å². The standard InChI is InChI=1S/C16H18N2O4/c19-14-9-17-16(21)18(14)10-11-5-7-12(8-6-11)15(20)22-13-3-1-2-4-13/h5-8,13H,1-4,9-10H2,(H,17,21). The van der Waals surface area contributed by atoms with E-state index in [9.17, 15) is 14.4 Å². The van der Waals surface area contributed by atoms with Crippen molar-refractivity contribution in [3.8, 4) is 0 Å². The molecule has 2 fully saturated rings. The normalized spacial score (nSPS) is 18.6. The Morgan fingerprint density at radius 3 is 2.45 bits per heavy atom. The Morgan fingerprint density at radius 1 is 1.18 bits per heavy atom. The number of amides is 3. The maximum atomic E-state index is 12.0. The van der Waals surface area contributed by atoms with E-state index in [1.807, 2.05) is 0 Å². The molecule has 3 rings (SSSR count). The first-order chi connectivity index (χ1) is 10.6. The number of carbonyl (C=O) groups is 3. The maximum Gasteiger partial charge on any atom is 0.338 e. The van der Waals surface area contributed by atoms with Crippen LogP contribution in [0.4, 0.5) is 4.79 Å².